The molecule has 1 rings (SSSR count). The van der Waals surface area contributed by atoms with E-state index in [-0.39, 0.29) is 18.7 Å². The summed E-state index contributed by atoms with van der Waals surface area (Å²) >= 11 is 0. The largest absolute Gasteiger partial charge is 0.368 e. The molecular weight excluding hydrogens is 226 g/mol. The fourth-order valence-corrected chi connectivity index (χ4v) is 1.31. The van der Waals surface area contributed by atoms with Gasteiger partial charge in [0.25, 0.3) is 5.91 Å². The molecule has 0 bridgehead atoms. The molecule has 3 amide bonds. The highest BCUT2D eigenvalue weighted by atomic mass is 16.2. The maximum Gasteiger partial charge on any atom is 0.258 e. The van der Waals surface area contributed by atoms with Crippen molar-refractivity contribution >= 4 is 17.7 Å². The minimum atomic E-state index is -0.722. The molecule has 92 valence electrons. The van der Waals surface area contributed by atoms with E-state index in [1.807, 2.05) is 0 Å². The lowest BCUT2D eigenvalue weighted by atomic mass is 10.2. The fraction of sp³-hybridized carbons (Fsp3) is 0.333. The van der Waals surface area contributed by atoms with Crippen LogP contribution in [0.25, 0.3) is 0 Å². The van der Waals surface area contributed by atoms with E-state index < -0.39 is 17.7 Å². The van der Waals surface area contributed by atoms with Gasteiger partial charge in [-0.2, -0.15) is 5.10 Å². The first-order valence-electron chi connectivity index (χ1n) is 4.77. The van der Waals surface area contributed by atoms with Gasteiger partial charge in [0.1, 0.15) is 13.1 Å². The van der Waals surface area contributed by atoms with Crippen LogP contribution in [-0.4, -0.2) is 45.9 Å². The number of H-pyrrole nitrogens is 1. The summed E-state index contributed by atoms with van der Waals surface area (Å²) in [4.78, 5) is 34.5. The molecule has 5 N–H and O–H groups in total. The second-order valence-corrected chi connectivity index (χ2v) is 3.50. The predicted molar refractivity (Wildman–Crippen MR) is 57.6 cm³/mol. The zero-order valence-corrected chi connectivity index (χ0v) is 9.27. The van der Waals surface area contributed by atoms with Crippen molar-refractivity contribution in [3.63, 3.8) is 0 Å². The van der Waals surface area contributed by atoms with Crippen molar-refractivity contribution in [1.29, 1.82) is 0 Å². The molecule has 0 atom stereocenters. The van der Waals surface area contributed by atoms with E-state index >= 15 is 0 Å². The third kappa shape index (κ3) is 3.30. The van der Waals surface area contributed by atoms with Crippen LogP contribution in [0.15, 0.2) is 6.20 Å². The van der Waals surface area contributed by atoms with Gasteiger partial charge in [-0.15, -0.1) is 0 Å². The Hall–Kier alpha value is -2.38. The van der Waals surface area contributed by atoms with Crippen molar-refractivity contribution in [1.82, 2.24) is 15.1 Å². The van der Waals surface area contributed by atoms with Gasteiger partial charge >= 0.3 is 0 Å². The van der Waals surface area contributed by atoms with Crippen LogP contribution in [0.3, 0.4) is 0 Å². The molecule has 0 aliphatic heterocycles. The molecule has 8 heteroatoms. The van der Waals surface area contributed by atoms with E-state index in [9.17, 15) is 14.4 Å². The number of primary amides is 2. The average Bonchev–Trinajstić information content (AvgIpc) is 2.61. The van der Waals surface area contributed by atoms with Crippen molar-refractivity contribution in [2.45, 2.75) is 6.92 Å². The van der Waals surface area contributed by atoms with Crippen LogP contribution in [0, 0.1) is 6.92 Å². The van der Waals surface area contributed by atoms with Crippen LogP contribution in [0.4, 0.5) is 0 Å². The molecule has 0 aliphatic rings. The number of aryl methyl sites for hydroxylation is 1. The topological polar surface area (TPSA) is 135 Å². The normalized spacial score (nSPS) is 9.94. The number of carbonyl (C=O) groups excluding carboxylic acids is 3. The Morgan fingerprint density at radius 3 is 2.18 bits per heavy atom. The third-order valence-electron chi connectivity index (χ3n) is 2.04. The zero-order valence-electron chi connectivity index (χ0n) is 9.27. The zero-order chi connectivity index (χ0) is 13.0. The number of nitrogens with two attached hydrogens (primary N) is 2. The summed E-state index contributed by atoms with van der Waals surface area (Å²) in [6.45, 7) is 0.908. The van der Waals surface area contributed by atoms with Crippen LogP contribution in [-0.2, 0) is 9.59 Å². The molecule has 1 heterocycles. The number of carbonyl (C=O) groups is 3. The van der Waals surface area contributed by atoms with Crippen LogP contribution in [0.2, 0.25) is 0 Å². The van der Waals surface area contributed by atoms with Gasteiger partial charge in [-0.1, -0.05) is 0 Å². The molecule has 0 fully saturated rings. The van der Waals surface area contributed by atoms with Gasteiger partial charge in [0, 0.05) is 5.69 Å². The fourth-order valence-electron chi connectivity index (χ4n) is 1.31. The van der Waals surface area contributed by atoms with E-state index in [2.05, 4.69) is 10.2 Å². The summed E-state index contributed by atoms with van der Waals surface area (Å²) in [6, 6.07) is 0. The smallest absolute Gasteiger partial charge is 0.258 e. The number of nitrogens with one attached hydrogen (secondary N) is 1. The Morgan fingerprint density at radius 2 is 1.82 bits per heavy atom. The van der Waals surface area contributed by atoms with Gasteiger partial charge < -0.3 is 16.4 Å². The molecule has 0 spiro atoms. The lowest BCUT2D eigenvalue weighted by molar-refractivity contribution is -0.121. The van der Waals surface area contributed by atoms with Crippen LogP contribution in [0.1, 0.15) is 16.1 Å². The molecule has 0 aromatic carbocycles. The molecular formula is C9H13N5O3. The Kier molecular flexibility index (Phi) is 3.81. The molecule has 0 unspecified atom stereocenters. The number of rotatable bonds is 5. The number of amides is 3. The summed E-state index contributed by atoms with van der Waals surface area (Å²) in [7, 11) is 0. The highest BCUT2D eigenvalue weighted by molar-refractivity contribution is 5.98. The number of hydrogen-bond acceptors (Lipinski definition) is 4. The van der Waals surface area contributed by atoms with Crippen molar-refractivity contribution in [2.24, 2.45) is 11.5 Å². The van der Waals surface area contributed by atoms with Crippen LogP contribution >= 0.6 is 0 Å². The van der Waals surface area contributed by atoms with E-state index in [4.69, 9.17) is 11.5 Å². The van der Waals surface area contributed by atoms with Crippen LogP contribution in [0.5, 0.6) is 0 Å². The third-order valence-corrected chi connectivity index (χ3v) is 2.04. The summed E-state index contributed by atoms with van der Waals surface area (Å²) in [5.74, 6) is -1.96. The molecule has 0 aliphatic carbocycles. The second kappa shape index (κ2) is 5.10. The number of hydrogen-bond donors (Lipinski definition) is 3. The highest BCUT2D eigenvalue weighted by Gasteiger charge is 2.21. The number of nitrogens with zero attached hydrogens (tertiary/aromatic N) is 2. The van der Waals surface area contributed by atoms with Crippen molar-refractivity contribution in [3.05, 3.63) is 17.5 Å². The van der Waals surface area contributed by atoms with E-state index in [1.165, 1.54) is 6.20 Å². The summed E-state index contributed by atoms with van der Waals surface area (Å²) in [5.41, 5.74) is 10.8. The summed E-state index contributed by atoms with van der Waals surface area (Å²) < 4.78 is 0. The summed E-state index contributed by atoms with van der Waals surface area (Å²) in [6.07, 6.45) is 1.31. The van der Waals surface area contributed by atoms with Gasteiger partial charge in [-0.25, -0.2) is 0 Å². The minimum Gasteiger partial charge on any atom is -0.368 e. The monoisotopic (exact) mass is 239 g/mol. The number of aromatic nitrogens is 2. The van der Waals surface area contributed by atoms with E-state index in [0.717, 1.165) is 4.90 Å². The molecule has 0 radical (unpaired) electrons. The lowest BCUT2D eigenvalue weighted by Crippen LogP contribution is -2.43. The molecule has 1 aromatic rings. The highest BCUT2D eigenvalue weighted by Crippen LogP contribution is 2.07. The van der Waals surface area contributed by atoms with Crippen LogP contribution < -0.4 is 11.5 Å². The minimum absolute atomic E-state index is 0.271. The Morgan fingerprint density at radius 1 is 1.29 bits per heavy atom. The quantitative estimate of drug-likeness (QED) is 0.554. The second-order valence-electron chi connectivity index (χ2n) is 3.50. The molecule has 1 aromatic heterocycles. The Labute approximate surface area is 96.9 Å². The SMILES string of the molecule is Cc1[nH]ncc1C(=O)N(CC(N)=O)CC(N)=O. The van der Waals surface area contributed by atoms with Crippen molar-refractivity contribution in [3.8, 4) is 0 Å². The number of aromatic amines is 1. The molecule has 17 heavy (non-hydrogen) atoms. The van der Waals surface area contributed by atoms with Gasteiger partial charge in [0.05, 0.1) is 11.8 Å². The first-order chi connectivity index (χ1) is 7.91. The average molecular weight is 239 g/mol. The van der Waals surface area contributed by atoms with Gasteiger partial charge in [0.2, 0.25) is 11.8 Å². The summed E-state index contributed by atoms with van der Waals surface area (Å²) in [5, 5.41) is 6.26. The maximum atomic E-state index is 11.9. The Balaban J connectivity index is 2.90. The standard InChI is InChI=1S/C9H13N5O3/c1-5-6(2-12-13-5)9(17)14(3-7(10)15)4-8(11)16/h2H,3-4H2,1H3,(H2,10,15)(H2,11,16)(H,12,13). The molecule has 8 nitrogen and oxygen atoms in total. The van der Waals surface area contributed by atoms with E-state index in [1.54, 1.807) is 6.92 Å². The van der Waals surface area contributed by atoms with Gasteiger partial charge in [-0.05, 0) is 6.92 Å². The maximum absolute atomic E-state index is 11.9. The predicted octanol–water partition coefficient (Wildman–Crippen LogP) is -1.87. The lowest BCUT2D eigenvalue weighted by Gasteiger charge is -2.18. The van der Waals surface area contributed by atoms with Crippen molar-refractivity contribution in [2.75, 3.05) is 13.1 Å². The molecule has 0 saturated heterocycles. The van der Waals surface area contributed by atoms with Gasteiger partial charge in [-0.3, -0.25) is 19.5 Å². The molecule has 0 saturated carbocycles. The first kappa shape index (κ1) is 12.7. The van der Waals surface area contributed by atoms with Crippen molar-refractivity contribution < 1.29 is 14.4 Å². The first-order valence-corrected chi connectivity index (χ1v) is 4.77. The van der Waals surface area contributed by atoms with Gasteiger partial charge in [0.15, 0.2) is 0 Å². The Bertz CT molecular complexity index is 437. The van der Waals surface area contributed by atoms with E-state index in [0.29, 0.717) is 5.69 Å².